The molecular formula is C21H26O4. The maximum atomic E-state index is 11.2. The highest BCUT2D eigenvalue weighted by Crippen LogP contribution is 2.40. The first kappa shape index (κ1) is 18.8. The molecular weight excluding hydrogens is 316 g/mol. The number of hydrogen-bond acceptors (Lipinski definition) is 4. The highest BCUT2D eigenvalue weighted by Gasteiger charge is 2.15. The first-order chi connectivity index (χ1) is 12.2. The second kappa shape index (κ2) is 9.72. The Morgan fingerprint density at radius 1 is 1.00 bits per heavy atom. The molecule has 0 saturated carbocycles. The lowest BCUT2D eigenvalue weighted by Crippen LogP contribution is -2.02. The van der Waals surface area contributed by atoms with Gasteiger partial charge >= 0.3 is 0 Å². The summed E-state index contributed by atoms with van der Waals surface area (Å²) >= 11 is 0. The number of carbonyl (C=O) groups excluding carboxylic acids is 1. The number of methoxy groups -OCH3 is 1. The maximum Gasteiger partial charge on any atom is 0.204 e. The Morgan fingerprint density at radius 2 is 1.72 bits per heavy atom. The van der Waals surface area contributed by atoms with Gasteiger partial charge in [-0.25, -0.2) is 0 Å². The molecule has 4 heteroatoms. The number of hydrogen-bond donors (Lipinski definition) is 0. The third kappa shape index (κ3) is 5.24. The van der Waals surface area contributed by atoms with Crippen molar-refractivity contribution in [3.05, 3.63) is 47.5 Å². The van der Waals surface area contributed by atoms with Gasteiger partial charge in [-0.1, -0.05) is 38.8 Å². The zero-order valence-corrected chi connectivity index (χ0v) is 15.2. The normalized spacial score (nSPS) is 10.4. The predicted octanol–water partition coefficient (Wildman–Crippen LogP) is 5.43. The standard InChI is InChI=1S/C21H26O4/c1-4-6-12-24-21-19(23-3)13-17(15-22)14-20(21)25-18-10-8-16(7-5-2)9-11-18/h8-11,13-15H,4-7,12H2,1-3H3. The SMILES string of the molecule is CCCCOc1c(OC)cc(C=O)cc1Oc1ccc(CCC)cc1. The van der Waals surface area contributed by atoms with E-state index >= 15 is 0 Å². The molecule has 0 aromatic heterocycles. The van der Waals surface area contributed by atoms with Crippen molar-refractivity contribution in [2.45, 2.75) is 39.5 Å². The summed E-state index contributed by atoms with van der Waals surface area (Å²) in [4.78, 5) is 11.2. The van der Waals surface area contributed by atoms with Crippen LogP contribution in [0.2, 0.25) is 0 Å². The molecule has 0 fully saturated rings. The highest BCUT2D eigenvalue weighted by molar-refractivity contribution is 5.78. The van der Waals surface area contributed by atoms with E-state index in [0.29, 0.717) is 35.2 Å². The molecule has 2 aromatic carbocycles. The Hall–Kier alpha value is -2.49. The summed E-state index contributed by atoms with van der Waals surface area (Å²) in [6.45, 7) is 4.83. The van der Waals surface area contributed by atoms with Gasteiger partial charge in [-0.05, 0) is 42.7 Å². The molecule has 0 spiro atoms. The number of ether oxygens (including phenoxy) is 3. The van der Waals surface area contributed by atoms with E-state index in [0.717, 1.165) is 32.0 Å². The van der Waals surface area contributed by atoms with E-state index in [1.165, 1.54) is 5.56 Å². The molecule has 4 nitrogen and oxygen atoms in total. The van der Waals surface area contributed by atoms with Crippen LogP contribution < -0.4 is 14.2 Å². The Bertz CT molecular complexity index is 677. The number of unbranched alkanes of at least 4 members (excludes halogenated alkanes) is 1. The fraction of sp³-hybridized carbons (Fsp3) is 0.381. The number of aldehydes is 1. The molecule has 0 saturated heterocycles. The van der Waals surface area contributed by atoms with Crippen LogP contribution >= 0.6 is 0 Å². The summed E-state index contributed by atoms with van der Waals surface area (Å²) in [6.07, 6.45) is 4.89. The van der Waals surface area contributed by atoms with Gasteiger partial charge in [-0.15, -0.1) is 0 Å². The molecule has 0 radical (unpaired) electrons. The van der Waals surface area contributed by atoms with Crippen LogP contribution in [0.1, 0.15) is 49.0 Å². The molecule has 0 bridgehead atoms. The summed E-state index contributed by atoms with van der Waals surface area (Å²) in [5.74, 6) is 2.21. The van der Waals surface area contributed by atoms with Crippen molar-refractivity contribution in [1.29, 1.82) is 0 Å². The molecule has 0 heterocycles. The van der Waals surface area contributed by atoms with Crippen LogP contribution in [0, 0.1) is 0 Å². The quantitative estimate of drug-likeness (QED) is 0.426. The van der Waals surface area contributed by atoms with Crippen molar-refractivity contribution < 1.29 is 19.0 Å². The van der Waals surface area contributed by atoms with Crippen molar-refractivity contribution in [3.63, 3.8) is 0 Å². The minimum Gasteiger partial charge on any atom is -0.493 e. The van der Waals surface area contributed by atoms with Crippen LogP contribution in [0.3, 0.4) is 0 Å². The highest BCUT2D eigenvalue weighted by atomic mass is 16.5. The van der Waals surface area contributed by atoms with Crippen LogP contribution in [0.5, 0.6) is 23.0 Å². The zero-order valence-electron chi connectivity index (χ0n) is 15.2. The van der Waals surface area contributed by atoms with Gasteiger partial charge in [0, 0.05) is 5.56 Å². The molecule has 0 amide bonds. The number of benzene rings is 2. The number of carbonyl (C=O) groups is 1. The van der Waals surface area contributed by atoms with Crippen LogP contribution in [0.4, 0.5) is 0 Å². The molecule has 0 aliphatic carbocycles. The fourth-order valence-electron chi connectivity index (χ4n) is 2.49. The molecule has 0 aliphatic rings. The van der Waals surface area contributed by atoms with E-state index in [4.69, 9.17) is 14.2 Å². The summed E-state index contributed by atoms with van der Waals surface area (Å²) in [7, 11) is 1.56. The summed E-state index contributed by atoms with van der Waals surface area (Å²) in [6, 6.07) is 11.3. The van der Waals surface area contributed by atoms with E-state index in [-0.39, 0.29) is 0 Å². The topological polar surface area (TPSA) is 44.8 Å². The average molecular weight is 342 g/mol. The van der Waals surface area contributed by atoms with E-state index in [1.54, 1.807) is 19.2 Å². The smallest absolute Gasteiger partial charge is 0.204 e. The monoisotopic (exact) mass is 342 g/mol. The van der Waals surface area contributed by atoms with Gasteiger partial charge in [0.25, 0.3) is 0 Å². The predicted molar refractivity (Wildman–Crippen MR) is 99.3 cm³/mol. The molecule has 2 aromatic rings. The third-order valence-electron chi connectivity index (χ3n) is 3.83. The molecule has 0 aliphatic heterocycles. The Balaban J connectivity index is 2.30. The van der Waals surface area contributed by atoms with Crippen molar-refractivity contribution in [2.75, 3.05) is 13.7 Å². The second-order valence-electron chi connectivity index (χ2n) is 5.87. The minimum absolute atomic E-state index is 0.484. The van der Waals surface area contributed by atoms with Crippen molar-refractivity contribution in [1.82, 2.24) is 0 Å². The Morgan fingerprint density at radius 3 is 2.32 bits per heavy atom. The van der Waals surface area contributed by atoms with Gasteiger partial charge in [-0.2, -0.15) is 0 Å². The Kier molecular flexibility index (Phi) is 7.33. The first-order valence-corrected chi connectivity index (χ1v) is 8.78. The summed E-state index contributed by atoms with van der Waals surface area (Å²) in [5, 5.41) is 0. The first-order valence-electron chi connectivity index (χ1n) is 8.78. The van der Waals surface area contributed by atoms with E-state index < -0.39 is 0 Å². The molecule has 134 valence electrons. The third-order valence-corrected chi connectivity index (χ3v) is 3.83. The lowest BCUT2D eigenvalue weighted by Gasteiger charge is -2.16. The van der Waals surface area contributed by atoms with E-state index in [1.807, 2.05) is 12.1 Å². The number of aryl methyl sites for hydroxylation is 1. The van der Waals surface area contributed by atoms with Crippen LogP contribution in [-0.2, 0) is 6.42 Å². The zero-order chi connectivity index (χ0) is 18.1. The largest absolute Gasteiger partial charge is 0.493 e. The van der Waals surface area contributed by atoms with E-state index in [9.17, 15) is 4.79 Å². The summed E-state index contributed by atoms with van der Waals surface area (Å²) in [5.41, 5.74) is 1.76. The molecule has 0 atom stereocenters. The molecule has 0 unspecified atom stereocenters. The van der Waals surface area contributed by atoms with E-state index in [2.05, 4.69) is 26.0 Å². The van der Waals surface area contributed by atoms with Crippen LogP contribution in [-0.4, -0.2) is 20.0 Å². The van der Waals surface area contributed by atoms with Gasteiger partial charge in [0.15, 0.2) is 11.5 Å². The lowest BCUT2D eigenvalue weighted by molar-refractivity contribution is 0.112. The molecule has 2 rings (SSSR count). The molecule has 0 N–H and O–H groups in total. The lowest BCUT2D eigenvalue weighted by atomic mass is 10.1. The number of rotatable bonds is 10. The van der Waals surface area contributed by atoms with Gasteiger partial charge in [-0.3, -0.25) is 4.79 Å². The van der Waals surface area contributed by atoms with Gasteiger partial charge in [0.1, 0.15) is 12.0 Å². The minimum atomic E-state index is 0.484. The van der Waals surface area contributed by atoms with Crippen molar-refractivity contribution in [3.8, 4) is 23.0 Å². The van der Waals surface area contributed by atoms with Gasteiger partial charge in [0.05, 0.1) is 13.7 Å². The van der Waals surface area contributed by atoms with Crippen molar-refractivity contribution in [2.24, 2.45) is 0 Å². The molecule has 25 heavy (non-hydrogen) atoms. The second-order valence-corrected chi connectivity index (χ2v) is 5.87. The fourth-order valence-corrected chi connectivity index (χ4v) is 2.49. The Labute approximate surface area is 149 Å². The average Bonchev–Trinajstić information content (AvgIpc) is 2.64. The van der Waals surface area contributed by atoms with Crippen molar-refractivity contribution >= 4 is 6.29 Å². The summed E-state index contributed by atoms with van der Waals surface area (Å²) < 4.78 is 17.2. The maximum absolute atomic E-state index is 11.2. The van der Waals surface area contributed by atoms with Gasteiger partial charge < -0.3 is 14.2 Å². The van der Waals surface area contributed by atoms with Gasteiger partial charge in [0.2, 0.25) is 5.75 Å². The van der Waals surface area contributed by atoms with Crippen LogP contribution in [0.15, 0.2) is 36.4 Å². The van der Waals surface area contributed by atoms with Crippen LogP contribution in [0.25, 0.3) is 0 Å².